The molecule has 1 saturated heterocycles. The molecule has 1 fully saturated rings. The van der Waals surface area contributed by atoms with Gasteiger partial charge in [-0.2, -0.15) is 0 Å². The number of aliphatic hydroxyl groups excluding tert-OH is 1. The molecule has 2 rings (SSSR count). The summed E-state index contributed by atoms with van der Waals surface area (Å²) >= 11 is 0. The summed E-state index contributed by atoms with van der Waals surface area (Å²) in [5.41, 5.74) is 2.68. The van der Waals surface area contributed by atoms with Gasteiger partial charge in [0.25, 0.3) is 0 Å². The van der Waals surface area contributed by atoms with Crippen molar-refractivity contribution in [2.75, 3.05) is 18.1 Å². The van der Waals surface area contributed by atoms with E-state index in [2.05, 4.69) is 55.3 Å². The molecule has 0 amide bonds. The second-order valence-corrected chi connectivity index (χ2v) is 6.44. The minimum atomic E-state index is 0.148. The van der Waals surface area contributed by atoms with Crippen LogP contribution in [0.4, 0.5) is 5.69 Å². The van der Waals surface area contributed by atoms with Crippen LogP contribution in [-0.2, 0) is 6.54 Å². The number of benzene rings is 1. The molecule has 106 valence electrons. The highest BCUT2D eigenvalue weighted by Crippen LogP contribution is 2.25. The van der Waals surface area contributed by atoms with Crippen LogP contribution in [0.5, 0.6) is 0 Å². The molecule has 0 bridgehead atoms. The van der Waals surface area contributed by atoms with Crippen LogP contribution in [0.2, 0.25) is 0 Å². The Bertz CT molecular complexity index is 394. The molecule has 0 spiro atoms. The smallest absolute Gasteiger partial charge is 0.0635 e. The van der Waals surface area contributed by atoms with E-state index >= 15 is 0 Å². The molecule has 0 saturated carbocycles. The van der Waals surface area contributed by atoms with Crippen molar-refractivity contribution in [1.82, 2.24) is 5.32 Å². The van der Waals surface area contributed by atoms with Crippen molar-refractivity contribution in [1.29, 1.82) is 0 Å². The minimum Gasteiger partial charge on any atom is -0.394 e. The monoisotopic (exact) mass is 262 g/mol. The van der Waals surface area contributed by atoms with E-state index in [0.717, 1.165) is 19.5 Å². The zero-order valence-electron chi connectivity index (χ0n) is 12.3. The molecule has 1 unspecified atom stereocenters. The SMILES string of the molecule is CC(C)(C)NCc1ccc(N2CCCC2CO)cc1. The lowest BCUT2D eigenvalue weighted by molar-refractivity contribution is 0.266. The van der Waals surface area contributed by atoms with Gasteiger partial charge in [-0.3, -0.25) is 0 Å². The first-order valence-corrected chi connectivity index (χ1v) is 7.21. The topological polar surface area (TPSA) is 35.5 Å². The molecule has 1 aromatic rings. The van der Waals surface area contributed by atoms with E-state index in [1.807, 2.05) is 0 Å². The summed E-state index contributed by atoms with van der Waals surface area (Å²) in [6, 6.07) is 9.02. The molecule has 3 heteroatoms. The molecule has 1 atom stereocenters. The fraction of sp³-hybridized carbons (Fsp3) is 0.625. The van der Waals surface area contributed by atoms with Crippen molar-refractivity contribution in [3.63, 3.8) is 0 Å². The number of hydrogen-bond acceptors (Lipinski definition) is 3. The summed E-state index contributed by atoms with van der Waals surface area (Å²) in [4.78, 5) is 2.32. The fourth-order valence-electron chi connectivity index (χ4n) is 2.54. The maximum absolute atomic E-state index is 9.37. The third-order valence-corrected chi connectivity index (χ3v) is 3.68. The molecule has 2 N–H and O–H groups in total. The number of nitrogens with one attached hydrogen (secondary N) is 1. The minimum absolute atomic E-state index is 0.148. The summed E-state index contributed by atoms with van der Waals surface area (Å²) < 4.78 is 0. The van der Waals surface area contributed by atoms with Crippen molar-refractivity contribution < 1.29 is 5.11 Å². The maximum Gasteiger partial charge on any atom is 0.0635 e. The van der Waals surface area contributed by atoms with Crippen LogP contribution in [0.15, 0.2) is 24.3 Å². The predicted molar refractivity (Wildman–Crippen MR) is 80.5 cm³/mol. The third-order valence-electron chi connectivity index (χ3n) is 3.68. The van der Waals surface area contributed by atoms with E-state index in [1.165, 1.54) is 17.7 Å². The summed E-state index contributed by atoms with van der Waals surface area (Å²) in [5.74, 6) is 0. The Morgan fingerprint density at radius 2 is 1.95 bits per heavy atom. The number of hydrogen-bond donors (Lipinski definition) is 2. The lowest BCUT2D eigenvalue weighted by Crippen LogP contribution is -2.35. The van der Waals surface area contributed by atoms with Gasteiger partial charge in [-0.25, -0.2) is 0 Å². The largest absolute Gasteiger partial charge is 0.394 e. The van der Waals surface area contributed by atoms with E-state index in [1.54, 1.807) is 0 Å². The molecular weight excluding hydrogens is 236 g/mol. The molecule has 0 radical (unpaired) electrons. The summed E-state index contributed by atoms with van der Waals surface area (Å²) in [6.45, 7) is 8.75. The average molecular weight is 262 g/mol. The molecule has 1 aliphatic heterocycles. The Balaban J connectivity index is 1.98. The van der Waals surface area contributed by atoms with E-state index in [0.29, 0.717) is 6.04 Å². The molecule has 1 heterocycles. The van der Waals surface area contributed by atoms with Gasteiger partial charge in [0.15, 0.2) is 0 Å². The van der Waals surface area contributed by atoms with Gasteiger partial charge < -0.3 is 15.3 Å². The van der Waals surface area contributed by atoms with Gasteiger partial charge in [-0.15, -0.1) is 0 Å². The van der Waals surface area contributed by atoms with Crippen molar-refractivity contribution in [2.24, 2.45) is 0 Å². The quantitative estimate of drug-likeness (QED) is 0.875. The average Bonchev–Trinajstić information content (AvgIpc) is 2.84. The number of aliphatic hydroxyl groups is 1. The van der Waals surface area contributed by atoms with Crippen molar-refractivity contribution in [3.8, 4) is 0 Å². The van der Waals surface area contributed by atoms with Gasteiger partial charge in [-0.1, -0.05) is 12.1 Å². The van der Waals surface area contributed by atoms with Crippen LogP contribution in [0.25, 0.3) is 0 Å². The highest BCUT2D eigenvalue weighted by molar-refractivity contribution is 5.49. The highest BCUT2D eigenvalue weighted by atomic mass is 16.3. The Kier molecular flexibility index (Phi) is 4.48. The first-order valence-electron chi connectivity index (χ1n) is 7.21. The molecule has 19 heavy (non-hydrogen) atoms. The molecular formula is C16H26N2O. The molecule has 1 aliphatic rings. The third kappa shape index (κ3) is 3.95. The van der Waals surface area contributed by atoms with Gasteiger partial charge >= 0.3 is 0 Å². The van der Waals surface area contributed by atoms with Crippen LogP contribution < -0.4 is 10.2 Å². The lowest BCUT2D eigenvalue weighted by Gasteiger charge is -2.25. The van der Waals surface area contributed by atoms with Gasteiger partial charge in [0.1, 0.15) is 0 Å². The van der Waals surface area contributed by atoms with Gasteiger partial charge in [0.2, 0.25) is 0 Å². The lowest BCUT2D eigenvalue weighted by atomic mass is 10.1. The summed E-state index contributed by atoms with van der Waals surface area (Å²) in [6.07, 6.45) is 2.28. The maximum atomic E-state index is 9.37. The Labute approximate surface area is 116 Å². The van der Waals surface area contributed by atoms with Crippen LogP contribution >= 0.6 is 0 Å². The zero-order valence-corrected chi connectivity index (χ0v) is 12.3. The number of nitrogens with zero attached hydrogens (tertiary/aromatic N) is 1. The first kappa shape index (κ1) is 14.4. The van der Waals surface area contributed by atoms with Crippen molar-refractivity contribution in [3.05, 3.63) is 29.8 Å². The fourth-order valence-corrected chi connectivity index (χ4v) is 2.54. The normalized spacial score (nSPS) is 20.0. The highest BCUT2D eigenvalue weighted by Gasteiger charge is 2.23. The van der Waals surface area contributed by atoms with Crippen LogP contribution in [0.1, 0.15) is 39.2 Å². The van der Waals surface area contributed by atoms with Crippen molar-refractivity contribution in [2.45, 2.75) is 51.7 Å². The summed E-state index contributed by atoms with van der Waals surface area (Å²) in [7, 11) is 0. The number of anilines is 1. The van der Waals surface area contributed by atoms with Gasteiger partial charge in [0.05, 0.1) is 12.6 Å². The molecule has 3 nitrogen and oxygen atoms in total. The number of rotatable bonds is 4. The predicted octanol–water partition coefficient (Wildman–Crippen LogP) is 2.54. The Morgan fingerprint density at radius 3 is 2.53 bits per heavy atom. The molecule has 0 aromatic heterocycles. The summed E-state index contributed by atoms with van der Waals surface area (Å²) in [5, 5.41) is 12.9. The van der Waals surface area contributed by atoms with Crippen molar-refractivity contribution >= 4 is 5.69 Å². The van der Waals surface area contributed by atoms with E-state index in [-0.39, 0.29) is 12.1 Å². The Morgan fingerprint density at radius 1 is 1.26 bits per heavy atom. The zero-order chi connectivity index (χ0) is 13.9. The second-order valence-electron chi connectivity index (χ2n) is 6.44. The van der Waals surface area contributed by atoms with E-state index in [9.17, 15) is 5.11 Å². The van der Waals surface area contributed by atoms with E-state index in [4.69, 9.17) is 0 Å². The first-order chi connectivity index (χ1) is 8.99. The van der Waals surface area contributed by atoms with Gasteiger partial charge in [0, 0.05) is 24.3 Å². The second kappa shape index (κ2) is 5.93. The van der Waals surface area contributed by atoms with Gasteiger partial charge in [-0.05, 0) is 51.3 Å². The van der Waals surface area contributed by atoms with Crippen LogP contribution in [0.3, 0.4) is 0 Å². The molecule has 1 aromatic carbocycles. The molecule has 0 aliphatic carbocycles. The van der Waals surface area contributed by atoms with Crippen LogP contribution in [-0.4, -0.2) is 29.8 Å². The van der Waals surface area contributed by atoms with E-state index < -0.39 is 0 Å². The van der Waals surface area contributed by atoms with Crippen LogP contribution in [0, 0.1) is 0 Å². The standard InChI is InChI=1S/C16H26N2O/c1-16(2,3)17-11-13-6-8-14(9-7-13)18-10-4-5-15(18)12-19/h6-9,15,17,19H,4-5,10-12H2,1-3H3. The Hall–Kier alpha value is -1.06.